The molecule has 0 fully saturated rings. The standard InChI is InChI=1S/C13H16N2O/c1-10(11(2)15)9-12-3-5-13(6-4-12)16-8-7-14/h3-6,9,11H,8,15H2,1-2H3/b10-9+. The highest BCUT2D eigenvalue weighted by Gasteiger charge is 1.97. The molecule has 84 valence electrons. The SMILES string of the molecule is C/C(=C\c1ccc(OCC#N)cc1)C(C)N. The normalized spacial score (nSPS) is 13.0. The summed E-state index contributed by atoms with van der Waals surface area (Å²) in [6.07, 6.45) is 2.04. The smallest absolute Gasteiger partial charge is 0.174 e. The average molecular weight is 216 g/mol. The van der Waals surface area contributed by atoms with E-state index in [-0.39, 0.29) is 12.6 Å². The molecule has 3 nitrogen and oxygen atoms in total. The van der Waals surface area contributed by atoms with E-state index in [1.54, 1.807) is 0 Å². The van der Waals surface area contributed by atoms with Crippen molar-refractivity contribution in [1.29, 1.82) is 5.26 Å². The molecule has 3 heteroatoms. The van der Waals surface area contributed by atoms with Crippen LogP contribution in [-0.4, -0.2) is 12.6 Å². The van der Waals surface area contributed by atoms with E-state index >= 15 is 0 Å². The molecular formula is C13H16N2O. The Labute approximate surface area is 96.1 Å². The van der Waals surface area contributed by atoms with Gasteiger partial charge in [-0.2, -0.15) is 5.26 Å². The zero-order valence-electron chi connectivity index (χ0n) is 9.60. The number of ether oxygens (including phenoxy) is 1. The Morgan fingerprint density at radius 1 is 1.50 bits per heavy atom. The molecular weight excluding hydrogens is 200 g/mol. The third-order valence-electron chi connectivity index (χ3n) is 2.30. The highest BCUT2D eigenvalue weighted by atomic mass is 16.5. The Balaban J connectivity index is 2.72. The third-order valence-corrected chi connectivity index (χ3v) is 2.30. The largest absolute Gasteiger partial charge is 0.479 e. The van der Waals surface area contributed by atoms with E-state index in [2.05, 4.69) is 0 Å². The summed E-state index contributed by atoms with van der Waals surface area (Å²) in [6, 6.07) is 9.57. The number of rotatable bonds is 4. The first-order valence-corrected chi connectivity index (χ1v) is 5.17. The zero-order chi connectivity index (χ0) is 12.0. The molecule has 16 heavy (non-hydrogen) atoms. The second-order valence-corrected chi connectivity index (χ2v) is 3.69. The Morgan fingerprint density at radius 2 is 2.12 bits per heavy atom. The van der Waals surface area contributed by atoms with Crippen molar-refractivity contribution in [2.45, 2.75) is 19.9 Å². The maximum Gasteiger partial charge on any atom is 0.174 e. The fraction of sp³-hybridized carbons (Fsp3) is 0.308. The highest BCUT2D eigenvalue weighted by molar-refractivity contribution is 5.54. The first-order valence-electron chi connectivity index (χ1n) is 5.17. The maximum atomic E-state index is 8.36. The van der Waals surface area contributed by atoms with Crippen LogP contribution in [-0.2, 0) is 0 Å². The van der Waals surface area contributed by atoms with E-state index in [0.717, 1.165) is 11.1 Å². The van der Waals surface area contributed by atoms with Crippen molar-refractivity contribution in [1.82, 2.24) is 0 Å². The van der Waals surface area contributed by atoms with Gasteiger partial charge in [0, 0.05) is 6.04 Å². The monoisotopic (exact) mass is 216 g/mol. The van der Waals surface area contributed by atoms with Gasteiger partial charge in [0.1, 0.15) is 11.8 Å². The lowest BCUT2D eigenvalue weighted by molar-refractivity contribution is 0.368. The maximum absolute atomic E-state index is 8.36. The lowest BCUT2D eigenvalue weighted by Gasteiger charge is -2.06. The molecule has 1 rings (SSSR count). The van der Waals surface area contributed by atoms with Gasteiger partial charge in [0.2, 0.25) is 0 Å². The molecule has 2 N–H and O–H groups in total. The molecule has 0 spiro atoms. The second-order valence-electron chi connectivity index (χ2n) is 3.69. The average Bonchev–Trinajstić information content (AvgIpc) is 2.28. The van der Waals surface area contributed by atoms with Crippen molar-refractivity contribution in [2.75, 3.05) is 6.61 Å². The van der Waals surface area contributed by atoms with Crippen LogP contribution in [0.1, 0.15) is 19.4 Å². The number of nitrogens with two attached hydrogens (primary N) is 1. The fourth-order valence-electron chi connectivity index (χ4n) is 1.17. The van der Waals surface area contributed by atoms with Crippen molar-refractivity contribution >= 4 is 6.08 Å². The first kappa shape index (κ1) is 12.3. The molecule has 0 amide bonds. The number of nitrogens with zero attached hydrogens (tertiary/aromatic N) is 1. The summed E-state index contributed by atoms with van der Waals surface area (Å²) < 4.78 is 5.16. The molecule has 0 aromatic heterocycles. The molecule has 0 bridgehead atoms. The van der Waals surface area contributed by atoms with Gasteiger partial charge in [0.15, 0.2) is 6.61 Å². The van der Waals surface area contributed by atoms with E-state index in [4.69, 9.17) is 15.7 Å². The van der Waals surface area contributed by atoms with E-state index in [0.29, 0.717) is 5.75 Å². The van der Waals surface area contributed by atoms with Crippen LogP contribution in [0.3, 0.4) is 0 Å². The summed E-state index contributed by atoms with van der Waals surface area (Å²) in [6.45, 7) is 4.04. The van der Waals surface area contributed by atoms with E-state index < -0.39 is 0 Å². The van der Waals surface area contributed by atoms with Crippen LogP contribution in [0.15, 0.2) is 29.8 Å². The van der Waals surface area contributed by atoms with Crippen molar-refractivity contribution in [3.05, 3.63) is 35.4 Å². The van der Waals surface area contributed by atoms with Gasteiger partial charge in [0.25, 0.3) is 0 Å². The van der Waals surface area contributed by atoms with Gasteiger partial charge in [-0.3, -0.25) is 0 Å². The van der Waals surface area contributed by atoms with Crippen molar-refractivity contribution in [2.24, 2.45) is 5.73 Å². The van der Waals surface area contributed by atoms with Gasteiger partial charge < -0.3 is 10.5 Å². The Kier molecular flexibility index (Phi) is 4.56. The Hall–Kier alpha value is -1.79. The molecule has 0 aliphatic heterocycles. The van der Waals surface area contributed by atoms with Crippen LogP contribution < -0.4 is 10.5 Å². The van der Waals surface area contributed by atoms with E-state index in [1.165, 1.54) is 0 Å². The third kappa shape index (κ3) is 3.76. The van der Waals surface area contributed by atoms with Crippen LogP contribution in [0.5, 0.6) is 5.75 Å². The van der Waals surface area contributed by atoms with Crippen LogP contribution in [0.4, 0.5) is 0 Å². The lowest BCUT2D eigenvalue weighted by Crippen LogP contribution is -2.15. The number of nitriles is 1. The summed E-state index contributed by atoms with van der Waals surface area (Å²) in [5, 5.41) is 8.36. The number of benzene rings is 1. The predicted molar refractivity (Wildman–Crippen MR) is 64.9 cm³/mol. The van der Waals surface area contributed by atoms with Crippen molar-refractivity contribution in [3.63, 3.8) is 0 Å². The van der Waals surface area contributed by atoms with Crippen LogP contribution in [0.25, 0.3) is 6.08 Å². The van der Waals surface area contributed by atoms with Crippen LogP contribution >= 0.6 is 0 Å². The van der Waals surface area contributed by atoms with Crippen molar-refractivity contribution in [3.8, 4) is 11.8 Å². The number of hydrogen-bond acceptors (Lipinski definition) is 3. The topological polar surface area (TPSA) is 59.0 Å². The van der Waals surface area contributed by atoms with Crippen molar-refractivity contribution < 1.29 is 4.74 Å². The summed E-state index contributed by atoms with van der Waals surface area (Å²) >= 11 is 0. The quantitative estimate of drug-likeness (QED) is 0.840. The lowest BCUT2D eigenvalue weighted by atomic mass is 10.1. The summed E-state index contributed by atoms with van der Waals surface area (Å²) in [5.74, 6) is 0.706. The molecule has 0 radical (unpaired) electrons. The highest BCUT2D eigenvalue weighted by Crippen LogP contribution is 2.15. The zero-order valence-corrected chi connectivity index (χ0v) is 9.60. The van der Waals surface area contributed by atoms with E-state index in [9.17, 15) is 0 Å². The fourth-order valence-corrected chi connectivity index (χ4v) is 1.17. The number of hydrogen-bond donors (Lipinski definition) is 1. The summed E-state index contributed by atoms with van der Waals surface area (Å²) in [5.41, 5.74) is 7.96. The molecule has 0 saturated heterocycles. The van der Waals surface area contributed by atoms with Gasteiger partial charge in [-0.15, -0.1) is 0 Å². The minimum absolute atomic E-state index is 0.0644. The Bertz CT molecular complexity index is 399. The molecule has 0 heterocycles. The molecule has 1 aromatic rings. The van der Waals surface area contributed by atoms with Gasteiger partial charge >= 0.3 is 0 Å². The summed E-state index contributed by atoms with van der Waals surface area (Å²) in [4.78, 5) is 0. The van der Waals surface area contributed by atoms with Crippen LogP contribution in [0.2, 0.25) is 0 Å². The summed E-state index contributed by atoms with van der Waals surface area (Å²) in [7, 11) is 0. The molecule has 0 aliphatic carbocycles. The van der Waals surface area contributed by atoms with Gasteiger partial charge in [0.05, 0.1) is 0 Å². The van der Waals surface area contributed by atoms with Gasteiger partial charge in [-0.1, -0.05) is 23.8 Å². The second kappa shape index (κ2) is 5.94. The molecule has 1 unspecified atom stereocenters. The minimum atomic E-state index is 0.0644. The molecule has 1 atom stereocenters. The van der Waals surface area contributed by atoms with Gasteiger partial charge in [-0.05, 0) is 31.5 Å². The van der Waals surface area contributed by atoms with E-state index in [1.807, 2.05) is 50.3 Å². The first-order chi connectivity index (χ1) is 7.63. The predicted octanol–water partition coefficient (Wildman–Crippen LogP) is 2.34. The molecule has 0 aliphatic rings. The Morgan fingerprint density at radius 3 is 2.62 bits per heavy atom. The van der Waals surface area contributed by atoms with Crippen LogP contribution in [0, 0.1) is 11.3 Å². The minimum Gasteiger partial charge on any atom is -0.479 e. The molecule has 1 aromatic carbocycles. The molecule has 0 saturated carbocycles. The van der Waals surface area contributed by atoms with Gasteiger partial charge in [-0.25, -0.2) is 0 Å².